The average molecular weight is 343 g/mol. The van der Waals surface area contributed by atoms with E-state index in [1.807, 2.05) is 23.1 Å². The second-order valence-corrected chi connectivity index (χ2v) is 7.27. The minimum Gasteiger partial charge on any atom is -0.396 e. The number of carbonyl (C=O) groups is 1. The molecule has 3 rings (SSSR count). The second-order valence-electron chi connectivity index (χ2n) is 7.27. The van der Waals surface area contributed by atoms with Crippen LogP contribution in [0, 0.1) is 5.41 Å². The Bertz CT molecular complexity index is 570. The fourth-order valence-electron chi connectivity index (χ4n) is 3.48. The highest BCUT2D eigenvalue weighted by molar-refractivity contribution is 5.74. The third kappa shape index (κ3) is 4.83. The van der Waals surface area contributed by atoms with E-state index < -0.39 is 0 Å². The normalized spacial score (nSPS) is 20.4. The summed E-state index contributed by atoms with van der Waals surface area (Å²) in [6, 6.07) is 10.3. The monoisotopic (exact) mass is 343 g/mol. The zero-order valence-corrected chi connectivity index (χ0v) is 14.9. The van der Waals surface area contributed by atoms with Crippen LogP contribution >= 0.6 is 0 Å². The summed E-state index contributed by atoms with van der Waals surface area (Å²) in [6.07, 6.45) is 7.53. The van der Waals surface area contributed by atoms with Crippen molar-refractivity contribution < 1.29 is 9.90 Å². The Kier molecular flexibility index (Phi) is 6.10. The molecule has 1 aliphatic heterocycles. The lowest BCUT2D eigenvalue weighted by atomic mass is 9.69. The molecular formula is C20H29N3O2. The molecule has 5 nitrogen and oxygen atoms in total. The topological polar surface area (TPSA) is 55.8 Å². The summed E-state index contributed by atoms with van der Waals surface area (Å²) in [5, 5.41) is 12.5. The highest BCUT2D eigenvalue weighted by Crippen LogP contribution is 2.39. The lowest BCUT2D eigenvalue weighted by molar-refractivity contribution is 0.0449. The Morgan fingerprint density at radius 2 is 1.88 bits per heavy atom. The molecule has 2 amide bonds. The molecule has 0 spiro atoms. The first-order valence-electron chi connectivity index (χ1n) is 9.28. The van der Waals surface area contributed by atoms with E-state index >= 15 is 0 Å². The van der Waals surface area contributed by atoms with Gasteiger partial charge in [0.05, 0.1) is 6.61 Å². The van der Waals surface area contributed by atoms with E-state index in [4.69, 9.17) is 0 Å². The number of aliphatic hydroxyl groups excluding tert-OH is 1. The summed E-state index contributed by atoms with van der Waals surface area (Å²) >= 11 is 0. The van der Waals surface area contributed by atoms with Crippen molar-refractivity contribution in [2.45, 2.75) is 19.3 Å². The van der Waals surface area contributed by atoms with Gasteiger partial charge in [0.1, 0.15) is 0 Å². The first-order chi connectivity index (χ1) is 12.2. The smallest absolute Gasteiger partial charge is 0.317 e. The standard InChI is InChI=1S/C20H29N3O2/c24-17-20(9-5-10-20)16-21-19(25)23-14-12-22(13-15-23)11-4-8-18-6-2-1-3-7-18/h1-4,6-8,24H,5,9-17H2,(H,21,25). The van der Waals surface area contributed by atoms with Gasteiger partial charge in [-0.1, -0.05) is 48.9 Å². The summed E-state index contributed by atoms with van der Waals surface area (Å²) in [5.41, 5.74) is 1.16. The van der Waals surface area contributed by atoms with E-state index in [9.17, 15) is 9.90 Å². The maximum atomic E-state index is 12.3. The molecule has 2 aliphatic rings. The van der Waals surface area contributed by atoms with Gasteiger partial charge < -0.3 is 15.3 Å². The first-order valence-corrected chi connectivity index (χ1v) is 9.28. The fourth-order valence-corrected chi connectivity index (χ4v) is 3.48. The molecule has 0 unspecified atom stereocenters. The predicted molar refractivity (Wildman–Crippen MR) is 100 cm³/mol. The van der Waals surface area contributed by atoms with Crippen molar-refractivity contribution in [3.8, 4) is 0 Å². The molecule has 1 aromatic rings. The van der Waals surface area contributed by atoms with Crippen molar-refractivity contribution in [3.63, 3.8) is 0 Å². The molecule has 0 bridgehead atoms. The zero-order chi connectivity index (χ0) is 17.5. The molecule has 0 radical (unpaired) electrons. The van der Waals surface area contributed by atoms with Gasteiger partial charge >= 0.3 is 6.03 Å². The molecule has 25 heavy (non-hydrogen) atoms. The van der Waals surface area contributed by atoms with Gasteiger partial charge in [-0.05, 0) is 18.4 Å². The summed E-state index contributed by atoms with van der Waals surface area (Å²) < 4.78 is 0. The van der Waals surface area contributed by atoms with Crippen LogP contribution in [0.4, 0.5) is 4.79 Å². The number of piperazine rings is 1. The molecule has 2 N–H and O–H groups in total. The molecule has 1 aromatic carbocycles. The van der Waals surface area contributed by atoms with Crippen molar-refractivity contribution >= 4 is 12.1 Å². The van der Waals surface area contributed by atoms with Crippen LogP contribution in [0.3, 0.4) is 0 Å². The molecule has 5 heteroatoms. The first kappa shape index (κ1) is 18.0. The molecule has 136 valence electrons. The van der Waals surface area contributed by atoms with E-state index in [-0.39, 0.29) is 18.1 Å². The Morgan fingerprint density at radius 1 is 1.16 bits per heavy atom. The lowest BCUT2D eigenvalue weighted by Gasteiger charge is -2.41. The van der Waals surface area contributed by atoms with Crippen LogP contribution in [0.2, 0.25) is 0 Å². The number of urea groups is 1. The Balaban J connectivity index is 1.36. The van der Waals surface area contributed by atoms with E-state index in [1.165, 1.54) is 5.56 Å². The van der Waals surface area contributed by atoms with Crippen LogP contribution in [0.25, 0.3) is 6.08 Å². The van der Waals surface area contributed by atoms with Crippen molar-refractivity contribution in [1.29, 1.82) is 0 Å². The van der Waals surface area contributed by atoms with Gasteiger partial charge in [-0.15, -0.1) is 0 Å². The van der Waals surface area contributed by atoms with Crippen LogP contribution in [0.5, 0.6) is 0 Å². The summed E-state index contributed by atoms with van der Waals surface area (Å²) in [4.78, 5) is 16.6. The molecule has 0 aromatic heterocycles. The van der Waals surface area contributed by atoms with Gasteiger partial charge in [0, 0.05) is 44.7 Å². The number of carbonyl (C=O) groups excluding carboxylic acids is 1. The lowest BCUT2D eigenvalue weighted by Crippen LogP contribution is -2.54. The largest absolute Gasteiger partial charge is 0.396 e. The molecule has 0 atom stereocenters. The van der Waals surface area contributed by atoms with Gasteiger partial charge in [-0.2, -0.15) is 0 Å². The highest BCUT2D eigenvalue weighted by atomic mass is 16.3. The van der Waals surface area contributed by atoms with Gasteiger partial charge in [0.25, 0.3) is 0 Å². The minimum absolute atomic E-state index is 0.0132. The maximum Gasteiger partial charge on any atom is 0.317 e. The summed E-state index contributed by atoms with van der Waals surface area (Å²) in [5.74, 6) is 0. The molecule has 1 saturated heterocycles. The summed E-state index contributed by atoms with van der Waals surface area (Å²) in [6.45, 7) is 5.01. The highest BCUT2D eigenvalue weighted by Gasteiger charge is 2.37. The average Bonchev–Trinajstić information content (AvgIpc) is 2.62. The summed E-state index contributed by atoms with van der Waals surface area (Å²) in [7, 11) is 0. The van der Waals surface area contributed by atoms with Crippen LogP contribution in [-0.4, -0.2) is 66.8 Å². The fraction of sp³-hybridized carbons (Fsp3) is 0.550. The number of nitrogens with zero attached hydrogens (tertiary/aromatic N) is 2. The SMILES string of the molecule is O=C(NCC1(CO)CCC1)N1CCN(CC=Cc2ccccc2)CC1. The third-order valence-electron chi connectivity index (χ3n) is 5.50. The number of aliphatic hydroxyl groups is 1. The molecule has 2 fully saturated rings. The van der Waals surface area contributed by atoms with Crippen LogP contribution < -0.4 is 5.32 Å². The maximum absolute atomic E-state index is 12.3. The Hall–Kier alpha value is -1.85. The van der Waals surface area contributed by atoms with Crippen LogP contribution in [0.15, 0.2) is 36.4 Å². The number of hydrogen-bond donors (Lipinski definition) is 2. The van der Waals surface area contributed by atoms with E-state index in [0.29, 0.717) is 6.54 Å². The van der Waals surface area contributed by atoms with Crippen LogP contribution in [-0.2, 0) is 0 Å². The minimum atomic E-state index is -0.0558. The zero-order valence-electron chi connectivity index (χ0n) is 14.9. The molecule has 1 saturated carbocycles. The molecule has 1 heterocycles. The van der Waals surface area contributed by atoms with Gasteiger partial charge in [0.2, 0.25) is 0 Å². The van der Waals surface area contributed by atoms with Crippen molar-refractivity contribution in [1.82, 2.24) is 15.1 Å². The van der Waals surface area contributed by atoms with Crippen molar-refractivity contribution in [3.05, 3.63) is 42.0 Å². The van der Waals surface area contributed by atoms with Gasteiger partial charge in [0.15, 0.2) is 0 Å². The van der Waals surface area contributed by atoms with Gasteiger partial charge in [-0.3, -0.25) is 4.90 Å². The van der Waals surface area contributed by atoms with E-state index in [2.05, 4.69) is 34.5 Å². The number of rotatable bonds is 6. The van der Waals surface area contributed by atoms with Gasteiger partial charge in [-0.25, -0.2) is 4.79 Å². The molecular weight excluding hydrogens is 314 g/mol. The number of amides is 2. The van der Waals surface area contributed by atoms with E-state index in [0.717, 1.165) is 52.0 Å². The quantitative estimate of drug-likeness (QED) is 0.832. The third-order valence-corrected chi connectivity index (χ3v) is 5.50. The number of benzene rings is 1. The predicted octanol–water partition coefficient (Wildman–Crippen LogP) is 2.19. The van der Waals surface area contributed by atoms with Crippen molar-refractivity contribution in [2.24, 2.45) is 5.41 Å². The number of hydrogen-bond acceptors (Lipinski definition) is 3. The second kappa shape index (κ2) is 8.50. The Labute approximate surface area is 150 Å². The van der Waals surface area contributed by atoms with Crippen molar-refractivity contribution in [2.75, 3.05) is 45.9 Å². The Morgan fingerprint density at radius 3 is 2.48 bits per heavy atom. The van der Waals surface area contributed by atoms with Crippen LogP contribution in [0.1, 0.15) is 24.8 Å². The van der Waals surface area contributed by atoms with E-state index in [1.54, 1.807) is 0 Å². The number of nitrogens with one attached hydrogen (secondary N) is 1. The molecule has 1 aliphatic carbocycles.